The van der Waals surface area contributed by atoms with Gasteiger partial charge in [-0.2, -0.15) is 0 Å². The molecule has 0 saturated heterocycles. The molecule has 0 aliphatic heterocycles. The molecule has 0 amide bonds. The normalized spacial score (nSPS) is 9.59. The number of azide groups is 2. The van der Waals surface area contributed by atoms with Gasteiger partial charge in [-0.1, -0.05) is 69.2 Å². The zero-order valence-corrected chi connectivity index (χ0v) is 28.8. The van der Waals surface area contributed by atoms with E-state index >= 15 is 0 Å². The van der Waals surface area contributed by atoms with Crippen molar-refractivity contribution in [3.05, 3.63) is 154 Å². The number of benzene rings is 3. The quantitative estimate of drug-likeness (QED) is 0.0340. The number of aliphatic hydroxyl groups excluding tert-OH is 3. The number of nitro benzene ring substituents is 2. The van der Waals surface area contributed by atoms with Crippen molar-refractivity contribution >= 4 is 17.1 Å². The van der Waals surface area contributed by atoms with Crippen molar-refractivity contribution in [3.63, 3.8) is 0 Å². The molecule has 2 heterocycles. The summed E-state index contributed by atoms with van der Waals surface area (Å²) < 4.78 is 3.33. The number of non-ortho nitro benzene ring substituents is 2. The van der Waals surface area contributed by atoms with Crippen molar-refractivity contribution in [2.24, 2.45) is 10.2 Å². The zero-order valence-electron chi connectivity index (χ0n) is 28.8. The lowest BCUT2D eigenvalue weighted by Crippen LogP contribution is -2.00. The van der Waals surface area contributed by atoms with Crippen molar-refractivity contribution in [1.82, 2.24) is 30.0 Å². The van der Waals surface area contributed by atoms with Crippen molar-refractivity contribution < 1.29 is 25.2 Å². The molecule has 0 bridgehead atoms. The third-order valence-corrected chi connectivity index (χ3v) is 6.56. The van der Waals surface area contributed by atoms with Crippen LogP contribution in [0.4, 0.5) is 17.1 Å². The fourth-order valence-corrected chi connectivity index (χ4v) is 4.01. The van der Waals surface area contributed by atoms with Crippen LogP contribution < -0.4 is 0 Å². The van der Waals surface area contributed by atoms with Gasteiger partial charge in [0.15, 0.2) is 0 Å². The summed E-state index contributed by atoms with van der Waals surface area (Å²) in [4.78, 5) is 25.1. The molecule has 0 fully saturated rings. The maximum Gasteiger partial charge on any atom is 0.269 e. The molecule has 54 heavy (non-hydrogen) atoms. The molecule has 280 valence electrons. The summed E-state index contributed by atoms with van der Waals surface area (Å²) in [6, 6.07) is 19.4. The predicted octanol–water partition coefficient (Wildman–Crippen LogP) is 4.98. The van der Waals surface area contributed by atoms with Gasteiger partial charge in [0.2, 0.25) is 0 Å². The Morgan fingerprint density at radius 1 is 0.704 bits per heavy atom. The van der Waals surface area contributed by atoms with Crippen LogP contribution in [0.25, 0.3) is 20.9 Å². The van der Waals surface area contributed by atoms with Gasteiger partial charge >= 0.3 is 0 Å². The third kappa shape index (κ3) is 16.7. The first-order valence-electron chi connectivity index (χ1n) is 15.8. The fraction of sp³-hybridized carbons (Fsp3) is 0.273. The fourth-order valence-electron chi connectivity index (χ4n) is 4.01. The lowest BCUT2D eigenvalue weighted by atomic mass is 10.2. The van der Waals surface area contributed by atoms with Crippen LogP contribution in [0.5, 0.6) is 0 Å². The lowest BCUT2D eigenvalue weighted by molar-refractivity contribution is -0.385. The Bertz CT molecular complexity index is 1930. The summed E-state index contributed by atoms with van der Waals surface area (Å²) in [7, 11) is 0. The first-order valence-corrected chi connectivity index (χ1v) is 15.8. The van der Waals surface area contributed by atoms with E-state index in [1.165, 1.54) is 24.3 Å². The standard InChI is InChI=1S/C11H12N6O.C11H12N4O3.C7H6N4O2.C4H6O/c12-15-13-10-3-1-9(2-4-10)7-17-8-11(5-6-18)14-16-17;16-6-5-10-8-14(13-12-10)7-9-1-3-11(4-2-9)15(17)18;8-10-9-5-6-1-3-7(4-2-6)11(12)13;1-2-3-4-5/h1-4,8,18H,5-7H2;1-4,8,16H,5-7H2;1-4H,5H2;1,5H,3-4H2. The van der Waals surface area contributed by atoms with Crippen LogP contribution in [-0.2, 0) is 32.5 Å². The largest absolute Gasteiger partial charge is 0.396 e. The molecular formula is C33H36N14O7. The number of hydrogen-bond donors (Lipinski definition) is 3. The molecule has 21 nitrogen and oxygen atoms in total. The van der Waals surface area contributed by atoms with Crippen molar-refractivity contribution in [3.8, 4) is 12.3 Å². The first-order chi connectivity index (χ1) is 26.1. The minimum atomic E-state index is -0.475. The van der Waals surface area contributed by atoms with Gasteiger partial charge in [-0.3, -0.25) is 20.2 Å². The van der Waals surface area contributed by atoms with Gasteiger partial charge in [0, 0.05) is 84.6 Å². The molecule has 21 heteroatoms. The van der Waals surface area contributed by atoms with Crippen molar-refractivity contribution in [2.75, 3.05) is 19.8 Å². The second-order valence-corrected chi connectivity index (χ2v) is 10.5. The number of rotatable bonds is 14. The summed E-state index contributed by atoms with van der Waals surface area (Å²) in [6.45, 7) is 1.52. The van der Waals surface area contributed by atoms with Gasteiger partial charge < -0.3 is 15.3 Å². The van der Waals surface area contributed by atoms with Gasteiger partial charge in [0.05, 0.1) is 47.5 Å². The Morgan fingerprint density at radius 3 is 1.50 bits per heavy atom. The highest BCUT2D eigenvalue weighted by Crippen LogP contribution is 2.15. The first kappa shape index (κ1) is 43.0. The molecule has 0 atom stereocenters. The Morgan fingerprint density at radius 2 is 1.15 bits per heavy atom. The number of aromatic nitrogens is 6. The van der Waals surface area contributed by atoms with E-state index in [1.54, 1.807) is 58.2 Å². The third-order valence-electron chi connectivity index (χ3n) is 6.56. The number of aliphatic hydroxyl groups is 3. The minimum absolute atomic E-state index is 0.0321. The molecule has 5 aromatic rings. The van der Waals surface area contributed by atoms with Gasteiger partial charge in [-0.15, -0.1) is 22.5 Å². The van der Waals surface area contributed by atoms with E-state index in [-0.39, 0.29) is 37.7 Å². The summed E-state index contributed by atoms with van der Waals surface area (Å²) in [6.07, 6.45) is 9.73. The molecule has 0 aliphatic rings. The van der Waals surface area contributed by atoms with Crippen LogP contribution in [0, 0.1) is 32.6 Å². The molecule has 5 rings (SSSR count). The average molecular weight is 741 g/mol. The van der Waals surface area contributed by atoms with Crippen LogP contribution in [0.15, 0.2) is 95.4 Å². The average Bonchev–Trinajstić information content (AvgIpc) is 3.82. The molecule has 3 N–H and O–H groups in total. The predicted molar refractivity (Wildman–Crippen MR) is 195 cm³/mol. The molecule has 0 saturated carbocycles. The van der Waals surface area contributed by atoms with Crippen molar-refractivity contribution in [1.29, 1.82) is 0 Å². The van der Waals surface area contributed by atoms with E-state index in [2.05, 4.69) is 46.6 Å². The maximum absolute atomic E-state index is 10.5. The van der Waals surface area contributed by atoms with Gasteiger partial charge in [0.25, 0.3) is 11.4 Å². The lowest BCUT2D eigenvalue weighted by Gasteiger charge is -2.00. The van der Waals surface area contributed by atoms with Gasteiger partial charge in [0.1, 0.15) is 0 Å². The topological polar surface area (TPSA) is 306 Å². The van der Waals surface area contributed by atoms with Crippen LogP contribution >= 0.6 is 0 Å². The summed E-state index contributed by atoms with van der Waals surface area (Å²) >= 11 is 0. The van der Waals surface area contributed by atoms with Gasteiger partial charge in [-0.05, 0) is 27.8 Å². The highest BCUT2D eigenvalue weighted by molar-refractivity contribution is 5.38. The highest BCUT2D eigenvalue weighted by Gasteiger charge is 2.06. The van der Waals surface area contributed by atoms with E-state index < -0.39 is 9.85 Å². The Kier molecular flexibility index (Phi) is 19.8. The summed E-state index contributed by atoms with van der Waals surface area (Å²) in [5.41, 5.74) is 21.2. The number of nitro groups is 2. The summed E-state index contributed by atoms with van der Waals surface area (Å²) in [5, 5.41) is 68.7. The number of hydrogen-bond acceptors (Lipinski definition) is 13. The Balaban J connectivity index is 0.000000267. The van der Waals surface area contributed by atoms with Crippen LogP contribution in [0.2, 0.25) is 0 Å². The molecule has 2 aromatic heterocycles. The van der Waals surface area contributed by atoms with E-state index in [0.717, 1.165) is 28.1 Å². The number of terminal acetylenes is 1. The smallest absolute Gasteiger partial charge is 0.269 e. The van der Waals surface area contributed by atoms with Crippen molar-refractivity contribution in [2.45, 2.75) is 38.9 Å². The maximum atomic E-state index is 10.5. The van der Waals surface area contributed by atoms with E-state index in [0.29, 0.717) is 38.0 Å². The molecule has 0 aliphatic carbocycles. The Labute approximate surface area is 307 Å². The van der Waals surface area contributed by atoms with E-state index in [1.807, 2.05) is 12.1 Å². The zero-order chi connectivity index (χ0) is 39.6. The monoisotopic (exact) mass is 740 g/mol. The van der Waals surface area contributed by atoms with E-state index in [4.69, 9.17) is 32.8 Å². The molecule has 0 radical (unpaired) electrons. The second-order valence-electron chi connectivity index (χ2n) is 10.5. The van der Waals surface area contributed by atoms with Crippen LogP contribution in [0.1, 0.15) is 34.5 Å². The summed E-state index contributed by atoms with van der Waals surface area (Å²) in [5.74, 6) is 2.27. The van der Waals surface area contributed by atoms with Gasteiger partial charge in [-0.25, -0.2) is 9.36 Å². The number of nitrogens with zero attached hydrogens (tertiary/aromatic N) is 14. The minimum Gasteiger partial charge on any atom is -0.396 e. The molecule has 0 unspecified atom stereocenters. The molecule has 0 spiro atoms. The second kappa shape index (κ2) is 24.9. The van der Waals surface area contributed by atoms with Crippen LogP contribution in [-0.4, -0.2) is 75.0 Å². The highest BCUT2D eigenvalue weighted by atomic mass is 16.6. The Hall–Kier alpha value is -7.20. The van der Waals surface area contributed by atoms with E-state index in [9.17, 15) is 20.2 Å². The molecular weight excluding hydrogens is 704 g/mol. The molecule has 3 aromatic carbocycles. The SMILES string of the molecule is C#CCCO.O=[N+]([O-])c1ccc(Cn2cc(CCO)nn2)cc1.[N-]=[N+]=NCc1ccc([N+](=O)[O-])cc1.[N-]=[N+]=Nc1ccc(Cn2cc(CCO)nn2)cc1. The van der Waals surface area contributed by atoms with Crippen LogP contribution in [0.3, 0.4) is 0 Å².